The van der Waals surface area contributed by atoms with E-state index in [0.29, 0.717) is 16.0 Å². The molecule has 1 saturated carbocycles. The summed E-state index contributed by atoms with van der Waals surface area (Å²) in [6.45, 7) is 0. The number of aliphatic carboxylic acids is 1. The molecule has 0 radical (unpaired) electrons. The molecule has 0 heterocycles. The summed E-state index contributed by atoms with van der Waals surface area (Å²) in [4.78, 5) is 10.9. The standard InChI is InChI=1S/C14H17BrO4/c1-19-13-10(8-4-2-3-5-8)6-9(7-11(13)15)12(16)14(17)18/h6-8,12,16H,2-5H2,1H3,(H,17,18). The fourth-order valence-electron chi connectivity index (χ4n) is 2.69. The van der Waals surface area contributed by atoms with Gasteiger partial charge in [-0.2, -0.15) is 0 Å². The maximum Gasteiger partial charge on any atom is 0.337 e. The second-order valence-electron chi connectivity index (χ2n) is 4.85. The van der Waals surface area contributed by atoms with Gasteiger partial charge in [0.1, 0.15) is 5.75 Å². The summed E-state index contributed by atoms with van der Waals surface area (Å²) in [6, 6.07) is 3.37. The summed E-state index contributed by atoms with van der Waals surface area (Å²) in [7, 11) is 1.60. The van der Waals surface area contributed by atoms with E-state index in [-0.39, 0.29) is 0 Å². The first-order chi connectivity index (χ1) is 9.04. The zero-order chi connectivity index (χ0) is 14.0. The van der Waals surface area contributed by atoms with E-state index < -0.39 is 12.1 Å². The molecule has 1 aliphatic carbocycles. The number of carbonyl (C=O) groups is 1. The van der Waals surface area contributed by atoms with Crippen LogP contribution in [0.25, 0.3) is 0 Å². The normalized spacial score (nSPS) is 17.4. The Labute approximate surface area is 120 Å². The third kappa shape index (κ3) is 2.92. The number of aliphatic hydroxyl groups excluding tert-OH is 1. The smallest absolute Gasteiger partial charge is 0.337 e. The Morgan fingerprint density at radius 3 is 2.58 bits per heavy atom. The van der Waals surface area contributed by atoms with Gasteiger partial charge in [0.25, 0.3) is 0 Å². The molecular weight excluding hydrogens is 312 g/mol. The molecule has 4 nitrogen and oxygen atoms in total. The number of carboxylic acid groups (broad SMARTS) is 1. The van der Waals surface area contributed by atoms with Crippen LogP contribution in [-0.2, 0) is 4.79 Å². The maximum absolute atomic E-state index is 10.9. The van der Waals surface area contributed by atoms with E-state index in [4.69, 9.17) is 9.84 Å². The summed E-state index contributed by atoms with van der Waals surface area (Å²) in [5, 5.41) is 18.6. The van der Waals surface area contributed by atoms with E-state index in [1.807, 2.05) is 0 Å². The van der Waals surface area contributed by atoms with Crippen molar-refractivity contribution in [2.24, 2.45) is 0 Å². The molecule has 1 atom stereocenters. The summed E-state index contributed by atoms with van der Waals surface area (Å²) >= 11 is 3.39. The minimum atomic E-state index is -1.50. The number of aliphatic hydroxyl groups is 1. The lowest BCUT2D eigenvalue weighted by Gasteiger charge is -2.18. The first-order valence-corrected chi connectivity index (χ1v) is 7.12. The molecule has 0 bridgehead atoms. The largest absolute Gasteiger partial charge is 0.495 e. The summed E-state index contributed by atoms with van der Waals surface area (Å²) in [6.07, 6.45) is 3.02. The number of methoxy groups -OCH3 is 1. The number of ether oxygens (including phenoxy) is 1. The van der Waals surface area contributed by atoms with Gasteiger partial charge in [0, 0.05) is 0 Å². The van der Waals surface area contributed by atoms with Gasteiger partial charge in [-0.3, -0.25) is 0 Å². The number of rotatable bonds is 4. The quantitative estimate of drug-likeness (QED) is 0.890. The molecule has 0 amide bonds. The molecule has 1 aromatic rings. The SMILES string of the molecule is COc1c(Br)cc(C(O)C(=O)O)cc1C1CCCC1. The van der Waals surface area contributed by atoms with Crippen LogP contribution in [0, 0.1) is 0 Å². The van der Waals surface area contributed by atoms with Gasteiger partial charge in [0.15, 0.2) is 6.10 Å². The first-order valence-electron chi connectivity index (χ1n) is 6.32. The van der Waals surface area contributed by atoms with E-state index in [1.54, 1.807) is 19.2 Å². The van der Waals surface area contributed by atoms with E-state index >= 15 is 0 Å². The highest BCUT2D eigenvalue weighted by molar-refractivity contribution is 9.10. The highest BCUT2D eigenvalue weighted by Crippen LogP contribution is 2.43. The molecule has 19 heavy (non-hydrogen) atoms. The van der Waals surface area contributed by atoms with E-state index in [9.17, 15) is 9.90 Å². The van der Waals surface area contributed by atoms with Crippen LogP contribution in [0.3, 0.4) is 0 Å². The van der Waals surface area contributed by atoms with Crippen molar-refractivity contribution in [3.8, 4) is 5.75 Å². The van der Waals surface area contributed by atoms with Gasteiger partial charge < -0.3 is 14.9 Å². The Hall–Kier alpha value is -1.07. The number of benzene rings is 1. The van der Waals surface area contributed by atoms with Crippen LogP contribution < -0.4 is 4.74 Å². The lowest BCUT2D eigenvalue weighted by molar-refractivity contribution is -0.146. The van der Waals surface area contributed by atoms with E-state index in [2.05, 4.69) is 15.9 Å². The number of hydrogen-bond acceptors (Lipinski definition) is 3. The number of hydrogen-bond donors (Lipinski definition) is 2. The van der Waals surface area contributed by atoms with Crippen molar-refractivity contribution in [1.82, 2.24) is 0 Å². The molecule has 1 aliphatic rings. The molecule has 2 N–H and O–H groups in total. The van der Waals surface area contributed by atoms with Gasteiger partial charge in [0.05, 0.1) is 11.6 Å². The fourth-order valence-corrected chi connectivity index (χ4v) is 3.35. The van der Waals surface area contributed by atoms with E-state index in [0.717, 1.165) is 24.2 Å². The lowest BCUT2D eigenvalue weighted by Crippen LogP contribution is -2.11. The third-order valence-electron chi connectivity index (χ3n) is 3.64. The van der Waals surface area contributed by atoms with Crippen molar-refractivity contribution in [3.63, 3.8) is 0 Å². The fraction of sp³-hybridized carbons (Fsp3) is 0.500. The second-order valence-corrected chi connectivity index (χ2v) is 5.70. The predicted molar refractivity (Wildman–Crippen MR) is 74.5 cm³/mol. The van der Waals surface area contributed by atoms with Crippen LogP contribution in [0.2, 0.25) is 0 Å². The highest BCUT2D eigenvalue weighted by atomic mass is 79.9. The van der Waals surface area contributed by atoms with Crippen molar-refractivity contribution >= 4 is 21.9 Å². The average Bonchev–Trinajstić information content (AvgIpc) is 2.90. The minimum absolute atomic E-state index is 0.382. The molecule has 1 fully saturated rings. The average molecular weight is 329 g/mol. The molecule has 1 unspecified atom stereocenters. The van der Waals surface area contributed by atoms with Crippen LogP contribution in [0.15, 0.2) is 16.6 Å². The summed E-state index contributed by atoms with van der Waals surface area (Å²) in [5.74, 6) is -0.116. The molecule has 0 aromatic heterocycles. The van der Waals surface area contributed by atoms with Gasteiger partial charge in [-0.1, -0.05) is 12.8 Å². The monoisotopic (exact) mass is 328 g/mol. The van der Waals surface area contributed by atoms with Crippen LogP contribution in [0.4, 0.5) is 0 Å². The van der Waals surface area contributed by atoms with Crippen LogP contribution in [0.1, 0.15) is 48.8 Å². The molecule has 104 valence electrons. The Balaban J connectivity index is 2.46. The molecule has 0 saturated heterocycles. The minimum Gasteiger partial charge on any atom is -0.495 e. The van der Waals surface area contributed by atoms with Gasteiger partial charge in [0.2, 0.25) is 0 Å². The highest BCUT2D eigenvalue weighted by Gasteiger charge is 2.25. The van der Waals surface area contributed by atoms with Gasteiger partial charge >= 0.3 is 5.97 Å². The zero-order valence-corrected chi connectivity index (χ0v) is 12.3. The maximum atomic E-state index is 10.9. The molecular formula is C14H17BrO4. The Kier molecular flexibility index (Phi) is 4.47. The molecule has 2 rings (SSSR count). The topological polar surface area (TPSA) is 66.8 Å². The van der Waals surface area contributed by atoms with Crippen LogP contribution >= 0.6 is 15.9 Å². The van der Waals surface area contributed by atoms with Crippen molar-refractivity contribution in [2.75, 3.05) is 7.11 Å². The number of carboxylic acids is 1. The first kappa shape index (κ1) is 14.3. The van der Waals surface area contributed by atoms with Crippen molar-refractivity contribution in [2.45, 2.75) is 37.7 Å². The summed E-state index contributed by atoms with van der Waals surface area (Å²) in [5.41, 5.74) is 1.38. The van der Waals surface area contributed by atoms with Crippen LogP contribution in [0.5, 0.6) is 5.75 Å². The Morgan fingerprint density at radius 2 is 2.05 bits per heavy atom. The van der Waals surface area contributed by atoms with Crippen molar-refractivity contribution in [1.29, 1.82) is 0 Å². The van der Waals surface area contributed by atoms with Crippen molar-refractivity contribution < 1.29 is 19.7 Å². The Morgan fingerprint density at radius 1 is 1.42 bits per heavy atom. The third-order valence-corrected chi connectivity index (χ3v) is 4.23. The lowest BCUT2D eigenvalue weighted by atomic mass is 9.93. The van der Waals surface area contributed by atoms with Crippen molar-refractivity contribution in [3.05, 3.63) is 27.7 Å². The zero-order valence-electron chi connectivity index (χ0n) is 10.7. The molecule has 0 aliphatic heterocycles. The Bertz CT molecular complexity index is 481. The number of halogens is 1. The van der Waals surface area contributed by atoms with E-state index in [1.165, 1.54) is 12.8 Å². The van der Waals surface area contributed by atoms with Gasteiger partial charge in [-0.15, -0.1) is 0 Å². The second kappa shape index (κ2) is 5.92. The van der Waals surface area contributed by atoms with Gasteiger partial charge in [-0.05, 0) is 57.9 Å². The molecule has 0 spiro atoms. The summed E-state index contributed by atoms with van der Waals surface area (Å²) < 4.78 is 6.10. The van der Waals surface area contributed by atoms with Crippen LogP contribution in [-0.4, -0.2) is 23.3 Å². The predicted octanol–water partition coefficient (Wildman–Crippen LogP) is 3.23. The van der Waals surface area contributed by atoms with Gasteiger partial charge in [-0.25, -0.2) is 4.79 Å². The molecule has 1 aromatic carbocycles. The molecule has 5 heteroatoms.